The topological polar surface area (TPSA) is 106 Å². The van der Waals surface area contributed by atoms with Crippen molar-refractivity contribution in [3.8, 4) is 0 Å². The molecule has 12 heteroatoms. The predicted molar refractivity (Wildman–Crippen MR) is 135 cm³/mol. The van der Waals surface area contributed by atoms with Gasteiger partial charge in [-0.3, -0.25) is 14.3 Å². The molecule has 1 aliphatic rings. The van der Waals surface area contributed by atoms with Crippen LogP contribution >= 0.6 is 11.6 Å². The highest BCUT2D eigenvalue weighted by Gasteiger charge is 2.27. The maximum Gasteiger partial charge on any atom is 0.410 e. The van der Waals surface area contributed by atoms with Gasteiger partial charge in [-0.1, -0.05) is 17.7 Å². The molecule has 4 rings (SSSR count). The minimum atomic E-state index is -0.735. The van der Waals surface area contributed by atoms with Crippen LogP contribution in [-0.2, 0) is 34.3 Å². The smallest absolute Gasteiger partial charge is 0.410 e. The number of anilines is 3. The van der Waals surface area contributed by atoms with E-state index in [9.17, 15) is 18.8 Å². The Labute approximate surface area is 217 Å². The van der Waals surface area contributed by atoms with E-state index >= 15 is 0 Å². The van der Waals surface area contributed by atoms with Gasteiger partial charge >= 0.3 is 12.1 Å². The third kappa shape index (κ3) is 5.67. The van der Waals surface area contributed by atoms with Gasteiger partial charge in [-0.25, -0.2) is 9.18 Å². The van der Waals surface area contributed by atoms with Crippen LogP contribution in [0.4, 0.5) is 26.4 Å². The molecule has 3 aromatic rings. The summed E-state index contributed by atoms with van der Waals surface area (Å²) < 4.78 is 26.2. The lowest BCUT2D eigenvalue weighted by Gasteiger charge is -2.23. The predicted octanol–water partition coefficient (Wildman–Crippen LogP) is 3.90. The first kappa shape index (κ1) is 26.0. The average Bonchev–Trinajstić information content (AvgIpc) is 3.12. The second-order valence-electron chi connectivity index (χ2n) is 8.42. The van der Waals surface area contributed by atoms with Gasteiger partial charge in [0.05, 0.1) is 37.8 Å². The maximum atomic E-state index is 14.9. The van der Waals surface area contributed by atoms with E-state index in [2.05, 4.69) is 15.2 Å². The molecule has 0 bridgehead atoms. The van der Waals surface area contributed by atoms with Gasteiger partial charge in [0, 0.05) is 36.7 Å². The molecule has 2 aromatic carbocycles. The molecule has 0 fully saturated rings. The number of ether oxygens (including phenoxy) is 2. The van der Waals surface area contributed by atoms with Crippen molar-refractivity contribution in [2.24, 2.45) is 7.05 Å². The van der Waals surface area contributed by atoms with Gasteiger partial charge in [0.25, 0.3) is 5.91 Å². The minimum Gasteiger partial charge on any atom is -0.468 e. The van der Waals surface area contributed by atoms with Gasteiger partial charge in [0.2, 0.25) is 0 Å². The van der Waals surface area contributed by atoms with Gasteiger partial charge < -0.3 is 24.6 Å². The molecule has 0 aliphatic carbocycles. The fourth-order valence-corrected chi connectivity index (χ4v) is 4.06. The van der Waals surface area contributed by atoms with Crippen LogP contribution < -0.4 is 10.2 Å². The monoisotopic (exact) mass is 529 g/mol. The highest BCUT2D eigenvalue weighted by Crippen LogP contribution is 2.38. The SMILES string of the molecule is COC(=O)CN(C)C(=O)OCCc1ccc(C(=O)N2Cc3cnn(C)c3Nc3cc(Cl)ccc32)cc1F. The van der Waals surface area contributed by atoms with Gasteiger partial charge in [-0.15, -0.1) is 0 Å². The zero-order chi connectivity index (χ0) is 26.7. The second kappa shape index (κ2) is 10.9. The maximum absolute atomic E-state index is 14.9. The highest BCUT2D eigenvalue weighted by molar-refractivity contribution is 6.31. The Morgan fingerprint density at radius 2 is 2.00 bits per heavy atom. The van der Waals surface area contributed by atoms with Crippen LogP contribution in [-0.4, -0.2) is 60.0 Å². The Morgan fingerprint density at radius 3 is 2.73 bits per heavy atom. The lowest BCUT2D eigenvalue weighted by Crippen LogP contribution is -2.33. The van der Waals surface area contributed by atoms with E-state index in [-0.39, 0.29) is 37.2 Å². The lowest BCUT2D eigenvalue weighted by molar-refractivity contribution is -0.141. The van der Waals surface area contributed by atoms with Gasteiger partial charge in [-0.05, 0) is 35.9 Å². The molecule has 1 aliphatic heterocycles. The summed E-state index contributed by atoms with van der Waals surface area (Å²) >= 11 is 6.19. The Bertz CT molecular complexity index is 1360. The number of aryl methyl sites for hydroxylation is 1. The molecule has 37 heavy (non-hydrogen) atoms. The van der Waals surface area contributed by atoms with Crippen molar-refractivity contribution in [2.75, 3.05) is 37.5 Å². The Morgan fingerprint density at radius 1 is 1.22 bits per heavy atom. The Kier molecular flexibility index (Phi) is 7.63. The number of carbonyl (C=O) groups excluding carboxylic acids is 3. The molecule has 1 N–H and O–H groups in total. The van der Waals surface area contributed by atoms with Crippen molar-refractivity contribution in [3.63, 3.8) is 0 Å². The summed E-state index contributed by atoms with van der Waals surface area (Å²) in [6.45, 7) is -0.144. The fourth-order valence-electron chi connectivity index (χ4n) is 3.89. The first-order chi connectivity index (χ1) is 17.7. The van der Waals surface area contributed by atoms with Crippen LogP contribution in [0, 0.1) is 5.82 Å². The largest absolute Gasteiger partial charge is 0.468 e. The Balaban J connectivity index is 1.48. The summed E-state index contributed by atoms with van der Waals surface area (Å²) in [5.41, 5.74) is 2.44. The van der Waals surface area contributed by atoms with Crippen molar-refractivity contribution in [1.29, 1.82) is 0 Å². The van der Waals surface area contributed by atoms with E-state index in [1.165, 1.54) is 32.4 Å². The van der Waals surface area contributed by atoms with Gasteiger partial charge in [0.15, 0.2) is 0 Å². The van der Waals surface area contributed by atoms with Crippen LogP contribution in [0.3, 0.4) is 0 Å². The number of methoxy groups -OCH3 is 1. The molecular weight excluding hydrogens is 505 g/mol. The first-order valence-electron chi connectivity index (χ1n) is 11.3. The molecular formula is C25H25ClFN5O5. The van der Waals surface area contributed by atoms with Gasteiger partial charge in [-0.2, -0.15) is 5.10 Å². The number of esters is 1. The van der Waals surface area contributed by atoms with E-state index < -0.39 is 23.8 Å². The quantitative estimate of drug-likeness (QED) is 0.483. The number of carbonyl (C=O) groups is 3. The molecule has 2 amide bonds. The number of amides is 2. The second-order valence-corrected chi connectivity index (χ2v) is 8.86. The number of rotatable bonds is 6. The van der Waals surface area contributed by atoms with E-state index in [1.54, 1.807) is 41.0 Å². The summed E-state index contributed by atoms with van der Waals surface area (Å²) in [6, 6.07) is 9.32. The summed E-state index contributed by atoms with van der Waals surface area (Å²) in [6.07, 6.45) is 1.02. The summed E-state index contributed by atoms with van der Waals surface area (Å²) in [4.78, 5) is 39.4. The number of aromatic nitrogens is 2. The molecule has 194 valence electrons. The van der Waals surface area contributed by atoms with Crippen molar-refractivity contribution in [1.82, 2.24) is 14.7 Å². The number of halogens is 2. The molecule has 0 radical (unpaired) electrons. The number of hydrogen-bond donors (Lipinski definition) is 1. The van der Waals surface area contributed by atoms with E-state index in [1.807, 2.05) is 0 Å². The lowest BCUT2D eigenvalue weighted by atomic mass is 10.1. The van der Waals surface area contributed by atoms with Crippen LogP contribution in [0.2, 0.25) is 5.02 Å². The van der Waals surface area contributed by atoms with Crippen LogP contribution in [0.1, 0.15) is 21.5 Å². The van der Waals surface area contributed by atoms with Crippen LogP contribution in [0.25, 0.3) is 0 Å². The molecule has 0 saturated heterocycles. The zero-order valence-corrected chi connectivity index (χ0v) is 21.2. The van der Waals surface area contributed by atoms with Crippen LogP contribution in [0.5, 0.6) is 0 Å². The number of likely N-dealkylation sites (N-methyl/N-ethyl adjacent to an activating group) is 1. The molecule has 1 aromatic heterocycles. The van der Waals surface area contributed by atoms with E-state index in [0.29, 0.717) is 16.4 Å². The number of nitrogens with zero attached hydrogens (tertiary/aromatic N) is 4. The van der Waals surface area contributed by atoms with E-state index in [4.69, 9.17) is 16.3 Å². The minimum absolute atomic E-state index is 0.0894. The van der Waals surface area contributed by atoms with Crippen molar-refractivity contribution in [3.05, 3.63) is 70.1 Å². The molecule has 0 saturated carbocycles. The normalized spacial score (nSPS) is 12.1. The van der Waals surface area contributed by atoms with Gasteiger partial charge in [0.1, 0.15) is 18.2 Å². The molecule has 2 heterocycles. The third-order valence-corrected chi connectivity index (χ3v) is 6.13. The van der Waals surface area contributed by atoms with E-state index in [0.717, 1.165) is 16.3 Å². The first-order valence-corrected chi connectivity index (χ1v) is 11.7. The van der Waals surface area contributed by atoms with Crippen molar-refractivity contribution < 1.29 is 28.2 Å². The summed E-state index contributed by atoms with van der Waals surface area (Å²) in [5, 5.41) is 8.04. The van der Waals surface area contributed by atoms with Crippen molar-refractivity contribution >= 4 is 46.8 Å². The Hall–Kier alpha value is -4.12. The fraction of sp³-hybridized carbons (Fsp3) is 0.280. The highest BCUT2D eigenvalue weighted by atomic mass is 35.5. The van der Waals surface area contributed by atoms with Crippen molar-refractivity contribution in [2.45, 2.75) is 13.0 Å². The average molecular weight is 530 g/mol. The third-order valence-electron chi connectivity index (χ3n) is 5.89. The number of fused-ring (bicyclic) bond motifs is 2. The zero-order valence-electron chi connectivity index (χ0n) is 20.5. The number of benzene rings is 2. The summed E-state index contributed by atoms with van der Waals surface area (Å²) in [7, 11) is 4.39. The number of nitrogens with one attached hydrogen (secondary N) is 1. The molecule has 0 spiro atoms. The standard InChI is InChI=1S/C25H25ClFN5O5/c1-30(14-22(33)36-3)25(35)37-9-8-15-4-5-16(10-19(15)27)24(34)32-13-17-12-28-31(2)23(17)29-20-11-18(26)6-7-21(20)32/h4-7,10-12,29H,8-9,13-14H2,1-3H3. The molecule has 0 atom stereocenters. The summed E-state index contributed by atoms with van der Waals surface area (Å²) in [5.74, 6) is -0.858. The van der Waals surface area contributed by atoms with Crippen LogP contribution in [0.15, 0.2) is 42.6 Å². The molecule has 0 unspecified atom stereocenters. The molecule has 10 nitrogen and oxygen atoms in total. The number of hydrogen-bond acceptors (Lipinski definition) is 7.